The number of rotatable bonds is 7. The molecule has 0 heterocycles. The van der Waals surface area contributed by atoms with Gasteiger partial charge >= 0.3 is 0 Å². The fraction of sp³-hybridized carbons (Fsp3) is 0.571. The van der Waals surface area contributed by atoms with Crippen molar-refractivity contribution in [1.29, 1.82) is 0 Å². The number of hydrogen-bond acceptors (Lipinski definition) is 4. The molecule has 0 radical (unpaired) electrons. The van der Waals surface area contributed by atoms with Gasteiger partial charge in [-0.2, -0.15) is 0 Å². The molecule has 0 aliphatic rings. The molecule has 0 amide bonds. The van der Waals surface area contributed by atoms with E-state index in [0.29, 0.717) is 12.8 Å². The van der Waals surface area contributed by atoms with Crippen LogP contribution in [-0.4, -0.2) is 38.3 Å². The Kier molecular flexibility index (Phi) is 6.26. The van der Waals surface area contributed by atoms with E-state index in [9.17, 15) is 5.11 Å². The van der Waals surface area contributed by atoms with E-state index in [1.807, 2.05) is 18.2 Å². The third-order valence-electron chi connectivity index (χ3n) is 2.96. The van der Waals surface area contributed by atoms with Crippen LogP contribution in [0.4, 0.5) is 0 Å². The molecule has 0 saturated carbocycles. The minimum atomic E-state index is -0.925. The second-order valence-corrected chi connectivity index (χ2v) is 5.59. The van der Waals surface area contributed by atoms with Gasteiger partial charge in [-0.15, -0.1) is 0 Å². The van der Waals surface area contributed by atoms with E-state index in [4.69, 9.17) is 14.2 Å². The van der Waals surface area contributed by atoms with E-state index < -0.39 is 11.9 Å². The molecule has 1 unspecified atom stereocenters. The first-order chi connectivity index (χ1) is 8.91. The van der Waals surface area contributed by atoms with Crippen LogP contribution in [0, 0.1) is 0 Å². The first kappa shape index (κ1) is 16.4. The zero-order chi connectivity index (χ0) is 14.5. The average molecular weight is 333 g/mol. The maximum Gasteiger partial charge on any atom is 0.159 e. The van der Waals surface area contributed by atoms with Crippen molar-refractivity contribution in [3.05, 3.63) is 28.2 Å². The van der Waals surface area contributed by atoms with Crippen molar-refractivity contribution in [1.82, 2.24) is 0 Å². The lowest BCUT2D eigenvalue weighted by molar-refractivity contribution is -0.139. The summed E-state index contributed by atoms with van der Waals surface area (Å²) in [5.41, 5.74) is 0.0567. The lowest BCUT2D eigenvalue weighted by atomic mass is 9.93. The Balaban J connectivity index is 2.82. The summed E-state index contributed by atoms with van der Waals surface area (Å²) in [6.07, 6.45) is 0.455. The van der Waals surface area contributed by atoms with Gasteiger partial charge in [0.25, 0.3) is 0 Å². The summed E-state index contributed by atoms with van der Waals surface area (Å²) in [6.45, 7) is 1.77. The number of aliphatic hydroxyl groups is 1. The van der Waals surface area contributed by atoms with Crippen LogP contribution in [0.5, 0.6) is 5.75 Å². The normalized spacial score (nSPS) is 14.5. The minimum Gasteiger partial charge on any atom is -0.497 e. The molecule has 0 aromatic heterocycles. The molecule has 0 aliphatic carbocycles. The van der Waals surface area contributed by atoms with Crippen molar-refractivity contribution in [2.24, 2.45) is 0 Å². The lowest BCUT2D eigenvalue weighted by Gasteiger charge is -2.27. The quantitative estimate of drug-likeness (QED) is 0.780. The first-order valence-corrected chi connectivity index (χ1v) is 6.81. The zero-order valence-corrected chi connectivity index (χ0v) is 13.4. The molecular weight excluding hydrogens is 312 g/mol. The van der Waals surface area contributed by atoms with E-state index in [2.05, 4.69) is 15.9 Å². The maximum atomic E-state index is 10.5. The summed E-state index contributed by atoms with van der Waals surface area (Å²) in [4.78, 5) is 0. The van der Waals surface area contributed by atoms with Crippen molar-refractivity contribution in [3.8, 4) is 5.75 Å². The first-order valence-electron chi connectivity index (χ1n) is 6.02. The van der Waals surface area contributed by atoms with Crippen molar-refractivity contribution in [2.45, 2.75) is 31.7 Å². The second-order valence-electron chi connectivity index (χ2n) is 4.74. The second kappa shape index (κ2) is 7.24. The molecule has 0 spiro atoms. The van der Waals surface area contributed by atoms with Crippen molar-refractivity contribution in [2.75, 3.05) is 21.3 Å². The van der Waals surface area contributed by atoms with Gasteiger partial charge in [-0.1, -0.05) is 15.9 Å². The molecule has 19 heavy (non-hydrogen) atoms. The van der Waals surface area contributed by atoms with Crippen molar-refractivity contribution < 1.29 is 19.3 Å². The van der Waals surface area contributed by atoms with E-state index in [0.717, 1.165) is 15.8 Å². The van der Waals surface area contributed by atoms with Crippen LogP contribution in [0.15, 0.2) is 22.7 Å². The highest BCUT2D eigenvalue weighted by Crippen LogP contribution is 2.28. The Morgan fingerprint density at radius 2 is 1.89 bits per heavy atom. The van der Waals surface area contributed by atoms with Gasteiger partial charge in [0, 0.05) is 31.5 Å². The monoisotopic (exact) mass is 332 g/mol. The molecule has 0 saturated heterocycles. The Labute approximate surface area is 122 Å². The fourth-order valence-electron chi connectivity index (χ4n) is 1.92. The largest absolute Gasteiger partial charge is 0.497 e. The van der Waals surface area contributed by atoms with Gasteiger partial charge in [0.1, 0.15) is 5.75 Å². The molecule has 0 aliphatic heterocycles. The topological polar surface area (TPSA) is 47.9 Å². The molecule has 5 heteroatoms. The van der Waals surface area contributed by atoms with Crippen LogP contribution in [0.2, 0.25) is 0 Å². The molecular formula is C14H21BrO4. The maximum absolute atomic E-state index is 10.5. The standard InChI is InChI=1S/C14H21BrO4/c1-14(16,9-13(18-3)19-4)8-10-7-11(17-2)5-6-12(10)15/h5-7,13,16H,8-9H2,1-4H3. The van der Waals surface area contributed by atoms with Crippen LogP contribution < -0.4 is 4.74 Å². The smallest absolute Gasteiger partial charge is 0.159 e. The zero-order valence-electron chi connectivity index (χ0n) is 11.8. The van der Waals surface area contributed by atoms with E-state index in [-0.39, 0.29) is 0 Å². The van der Waals surface area contributed by atoms with E-state index in [1.54, 1.807) is 28.3 Å². The van der Waals surface area contributed by atoms with Gasteiger partial charge < -0.3 is 19.3 Å². The molecule has 4 nitrogen and oxygen atoms in total. The van der Waals surface area contributed by atoms with Gasteiger partial charge in [-0.05, 0) is 30.7 Å². The van der Waals surface area contributed by atoms with Gasteiger partial charge in [0.2, 0.25) is 0 Å². The summed E-state index contributed by atoms with van der Waals surface area (Å²) in [5, 5.41) is 10.5. The number of hydrogen-bond donors (Lipinski definition) is 1. The van der Waals surface area contributed by atoms with Crippen LogP contribution in [0.25, 0.3) is 0 Å². The number of benzene rings is 1. The van der Waals surface area contributed by atoms with Crippen LogP contribution in [0.1, 0.15) is 18.9 Å². The number of methoxy groups -OCH3 is 3. The predicted octanol–water partition coefficient (Wildman–Crippen LogP) is 2.76. The molecule has 108 valence electrons. The summed E-state index contributed by atoms with van der Waals surface area (Å²) in [5.74, 6) is 0.768. The Morgan fingerprint density at radius 3 is 2.42 bits per heavy atom. The molecule has 1 N–H and O–H groups in total. The van der Waals surface area contributed by atoms with Gasteiger partial charge in [-0.25, -0.2) is 0 Å². The SMILES string of the molecule is COc1ccc(Br)c(CC(C)(O)CC(OC)OC)c1. The van der Waals surface area contributed by atoms with Gasteiger partial charge in [-0.3, -0.25) is 0 Å². The Hall–Kier alpha value is -0.620. The highest BCUT2D eigenvalue weighted by atomic mass is 79.9. The highest BCUT2D eigenvalue weighted by Gasteiger charge is 2.27. The highest BCUT2D eigenvalue weighted by molar-refractivity contribution is 9.10. The molecule has 1 aromatic rings. The van der Waals surface area contributed by atoms with Crippen molar-refractivity contribution in [3.63, 3.8) is 0 Å². The van der Waals surface area contributed by atoms with Gasteiger partial charge in [0.15, 0.2) is 6.29 Å². The minimum absolute atomic E-state index is 0.393. The molecule has 1 aromatic carbocycles. The predicted molar refractivity (Wildman–Crippen MR) is 77.4 cm³/mol. The third-order valence-corrected chi connectivity index (χ3v) is 3.73. The van der Waals surface area contributed by atoms with Crippen molar-refractivity contribution >= 4 is 15.9 Å². The van der Waals surface area contributed by atoms with E-state index in [1.165, 1.54) is 0 Å². The average Bonchev–Trinajstić information content (AvgIpc) is 2.38. The Morgan fingerprint density at radius 1 is 1.26 bits per heavy atom. The van der Waals surface area contributed by atoms with Crippen LogP contribution in [0.3, 0.4) is 0 Å². The summed E-state index contributed by atoms with van der Waals surface area (Å²) in [7, 11) is 4.74. The summed E-state index contributed by atoms with van der Waals surface area (Å²) >= 11 is 3.48. The third kappa shape index (κ3) is 5.10. The summed E-state index contributed by atoms with van der Waals surface area (Å²) < 4.78 is 16.4. The molecule has 1 rings (SSSR count). The van der Waals surface area contributed by atoms with Crippen LogP contribution in [-0.2, 0) is 15.9 Å². The van der Waals surface area contributed by atoms with Gasteiger partial charge in [0.05, 0.1) is 12.7 Å². The fourth-order valence-corrected chi connectivity index (χ4v) is 2.30. The van der Waals surface area contributed by atoms with Crippen LogP contribution >= 0.6 is 15.9 Å². The molecule has 0 bridgehead atoms. The summed E-state index contributed by atoms with van der Waals surface area (Å²) in [6, 6.07) is 5.69. The number of ether oxygens (including phenoxy) is 3. The Bertz CT molecular complexity index is 402. The molecule has 0 fully saturated rings. The van der Waals surface area contributed by atoms with E-state index >= 15 is 0 Å². The lowest BCUT2D eigenvalue weighted by Crippen LogP contribution is -2.34. The number of halogens is 1. The molecule has 1 atom stereocenters.